The van der Waals surface area contributed by atoms with Crippen LogP contribution in [-0.4, -0.2) is 54.2 Å². The number of rotatable bonds is 6. The number of carbonyl (C=O) groups excluding carboxylic acids is 1. The van der Waals surface area contributed by atoms with Crippen molar-refractivity contribution in [3.63, 3.8) is 0 Å². The van der Waals surface area contributed by atoms with Gasteiger partial charge in [-0.3, -0.25) is 9.69 Å². The number of sulfonamides is 1. The molecule has 0 bridgehead atoms. The van der Waals surface area contributed by atoms with Crippen LogP contribution in [0.4, 0.5) is 5.00 Å². The van der Waals surface area contributed by atoms with Gasteiger partial charge < -0.3 is 5.32 Å². The molecule has 1 aromatic carbocycles. The standard InChI is InChI=1S/C26H27ClN4O3S4/c1-2-30-14-12-16-20(15-30)36-26(23(16)25-28-17-7-3-4-9-19(17)35-25)29-24(32)18-8-5-6-13-31(18)38(33,34)22-11-10-21(27)37-22/h3-4,7,9-11,18H,2,5-6,8,12-15H2,1H3,(H,29,32). The average Bonchev–Trinajstić information content (AvgIpc) is 3.64. The molecule has 3 aromatic heterocycles. The van der Waals surface area contributed by atoms with Crippen LogP contribution in [-0.2, 0) is 27.8 Å². The second kappa shape index (κ2) is 10.6. The fourth-order valence-electron chi connectivity index (χ4n) is 5.22. The summed E-state index contributed by atoms with van der Waals surface area (Å²) in [5.74, 6) is -0.288. The van der Waals surface area contributed by atoms with Crippen LogP contribution in [0, 0.1) is 0 Å². The lowest BCUT2D eigenvalue weighted by Gasteiger charge is -2.33. The Hall–Kier alpha value is -1.86. The number of fused-ring (bicyclic) bond motifs is 2. The Kier molecular flexibility index (Phi) is 7.36. The fraction of sp³-hybridized carbons (Fsp3) is 0.385. The number of benzene rings is 1. The van der Waals surface area contributed by atoms with Gasteiger partial charge in [-0.05, 0) is 55.6 Å². The Bertz CT molecular complexity index is 1580. The SMILES string of the molecule is CCN1CCc2c(sc(NC(=O)C3CCCCN3S(=O)(=O)c3ccc(Cl)s3)c2-c2nc3ccccc3s2)C1. The number of likely N-dealkylation sites (N-methyl/N-ethyl adjacent to an activating group) is 1. The van der Waals surface area contributed by atoms with E-state index < -0.39 is 16.1 Å². The number of thiazole rings is 1. The summed E-state index contributed by atoms with van der Waals surface area (Å²) in [5, 5.41) is 4.83. The summed E-state index contributed by atoms with van der Waals surface area (Å²) in [4.78, 5) is 22.3. The number of halogens is 1. The van der Waals surface area contributed by atoms with Crippen LogP contribution in [0.25, 0.3) is 20.8 Å². The summed E-state index contributed by atoms with van der Waals surface area (Å²) in [6.45, 7) is 5.25. The highest BCUT2D eigenvalue weighted by Crippen LogP contribution is 2.46. The number of anilines is 1. The van der Waals surface area contributed by atoms with E-state index in [1.807, 2.05) is 18.2 Å². The molecule has 2 aliphatic heterocycles. The van der Waals surface area contributed by atoms with E-state index in [1.165, 1.54) is 20.8 Å². The summed E-state index contributed by atoms with van der Waals surface area (Å²) in [6, 6.07) is 10.4. The Morgan fingerprint density at radius 2 is 1.97 bits per heavy atom. The van der Waals surface area contributed by atoms with E-state index in [2.05, 4.69) is 23.2 Å². The molecule has 1 N–H and O–H groups in total. The summed E-state index contributed by atoms with van der Waals surface area (Å²) < 4.78 is 30.0. The van der Waals surface area contributed by atoms with Crippen LogP contribution >= 0.6 is 45.6 Å². The summed E-state index contributed by atoms with van der Waals surface area (Å²) in [5.41, 5.74) is 3.18. The highest BCUT2D eigenvalue weighted by Gasteiger charge is 2.39. The first kappa shape index (κ1) is 26.4. The molecule has 7 nitrogen and oxygen atoms in total. The maximum absolute atomic E-state index is 13.8. The van der Waals surface area contributed by atoms with Crippen LogP contribution < -0.4 is 5.32 Å². The number of carbonyl (C=O) groups is 1. The quantitative estimate of drug-likeness (QED) is 0.279. The van der Waals surface area contributed by atoms with Crippen molar-refractivity contribution in [3.05, 3.63) is 51.2 Å². The number of piperidine rings is 1. The molecular weight excluding hydrogens is 580 g/mol. The molecule has 6 rings (SSSR count). The van der Waals surface area contributed by atoms with Crippen LogP contribution in [0.5, 0.6) is 0 Å². The topological polar surface area (TPSA) is 82.6 Å². The van der Waals surface area contributed by atoms with E-state index in [0.29, 0.717) is 17.3 Å². The van der Waals surface area contributed by atoms with Gasteiger partial charge in [0.05, 0.1) is 14.6 Å². The number of amides is 1. The van der Waals surface area contributed by atoms with E-state index in [1.54, 1.807) is 28.7 Å². The molecule has 4 aromatic rings. The van der Waals surface area contributed by atoms with Gasteiger partial charge in [0.15, 0.2) is 0 Å². The minimum atomic E-state index is -3.83. The van der Waals surface area contributed by atoms with Gasteiger partial charge in [-0.15, -0.1) is 34.0 Å². The van der Waals surface area contributed by atoms with Gasteiger partial charge in [-0.2, -0.15) is 4.31 Å². The molecule has 200 valence electrons. The second-order valence-corrected chi connectivity index (χ2v) is 15.5. The molecule has 0 spiro atoms. The predicted molar refractivity (Wildman–Crippen MR) is 157 cm³/mol. The van der Waals surface area contributed by atoms with E-state index >= 15 is 0 Å². The van der Waals surface area contributed by atoms with Gasteiger partial charge in [0.1, 0.15) is 20.3 Å². The van der Waals surface area contributed by atoms with Gasteiger partial charge in [-0.25, -0.2) is 13.4 Å². The molecule has 0 radical (unpaired) electrons. The monoisotopic (exact) mass is 606 g/mol. The molecule has 1 amide bonds. The molecule has 5 heterocycles. The lowest BCUT2D eigenvalue weighted by atomic mass is 10.0. The van der Waals surface area contributed by atoms with Gasteiger partial charge in [0.2, 0.25) is 5.91 Å². The number of nitrogens with zero attached hydrogens (tertiary/aromatic N) is 3. The summed E-state index contributed by atoms with van der Waals surface area (Å²) in [7, 11) is -3.83. The molecule has 2 aliphatic rings. The van der Waals surface area contributed by atoms with Gasteiger partial charge in [0, 0.05) is 30.1 Å². The van der Waals surface area contributed by atoms with Crippen molar-refractivity contribution < 1.29 is 13.2 Å². The summed E-state index contributed by atoms with van der Waals surface area (Å²) >= 11 is 10.3. The van der Waals surface area contributed by atoms with E-state index in [0.717, 1.165) is 76.0 Å². The minimum absolute atomic E-state index is 0.170. The first-order chi connectivity index (χ1) is 18.3. The molecule has 1 fully saturated rings. The molecule has 0 aliphatic carbocycles. The molecule has 1 unspecified atom stereocenters. The third-order valence-corrected chi connectivity index (χ3v) is 13.0. The Balaban J connectivity index is 1.36. The number of hydrogen-bond donors (Lipinski definition) is 1. The van der Waals surface area contributed by atoms with Gasteiger partial charge in [0.25, 0.3) is 10.0 Å². The van der Waals surface area contributed by atoms with E-state index in [4.69, 9.17) is 16.6 Å². The lowest BCUT2D eigenvalue weighted by molar-refractivity contribution is -0.120. The molecular formula is C26H27ClN4O3S4. The van der Waals surface area contributed by atoms with Crippen molar-refractivity contribution in [1.29, 1.82) is 0 Å². The van der Waals surface area contributed by atoms with Crippen LogP contribution in [0.3, 0.4) is 0 Å². The molecule has 12 heteroatoms. The van der Waals surface area contributed by atoms with Crippen molar-refractivity contribution in [2.75, 3.05) is 25.0 Å². The first-order valence-corrected chi connectivity index (χ1v) is 16.9. The largest absolute Gasteiger partial charge is 0.316 e. The normalized spacial score (nSPS) is 19.1. The minimum Gasteiger partial charge on any atom is -0.316 e. The highest BCUT2D eigenvalue weighted by molar-refractivity contribution is 7.91. The maximum Gasteiger partial charge on any atom is 0.253 e. The van der Waals surface area contributed by atoms with E-state index in [-0.39, 0.29) is 10.1 Å². The molecule has 0 saturated carbocycles. The van der Waals surface area contributed by atoms with Crippen molar-refractivity contribution in [3.8, 4) is 10.6 Å². The van der Waals surface area contributed by atoms with E-state index in [9.17, 15) is 13.2 Å². The summed E-state index contributed by atoms with van der Waals surface area (Å²) in [6.07, 6.45) is 2.89. The Morgan fingerprint density at radius 1 is 1.13 bits per heavy atom. The van der Waals surface area contributed by atoms with Crippen LogP contribution in [0.2, 0.25) is 4.34 Å². The molecule has 38 heavy (non-hydrogen) atoms. The Morgan fingerprint density at radius 3 is 2.74 bits per heavy atom. The van der Waals surface area contributed by atoms with Crippen LogP contribution in [0.1, 0.15) is 36.6 Å². The average molecular weight is 607 g/mol. The predicted octanol–water partition coefficient (Wildman–Crippen LogP) is 6.30. The van der Waals surface area contributed by atoms with Crippen LogP contribution in [0.15, 0.2) is 40.6 Å². The fourth-order valence-corrected chi connectivity index (χ4v) is 10.9. The maximum atomic E-state index is 13.8. The smallest absolute Gasteiger partial charge is 0.253 e. The van der Waals surface area contributed by atoms with Gasteiger partial charge in [-0.1, -0.05) is 37.1 Å². The number of aromatic nitrogens is 1. The molecule has 1 atom stereocenters. The third-order valence-electron chi connectivity index (χ3n) is 7.20. The van der Waals surface area contributed by atoms with Crippen molar-refractivity contribution in [2.24, 2.45) is 0 Å². The first-order valence-electron chi connectivity index (χ1n) is 12.7. The number of thiophene rings is 2. The van der Waals surface area contributed by atoms with Crippen molar-refractivity contribution in [2.45, 2.75) is 49.4 Å². The van der Waals surface area contributed by atoms with Crippen molar-refractivity contribution >= 4 is 76.8 Å². The number of nitrogens with one attached hydrogen (secondary N) is 1. The van der Waals surface area contributed by atoms with Crippen molar-refractivity contribution in [1.82, 2.24) is 14.2 Å². The zero-order chi connectivity index (χ0) is 26.4. The lowest BCUT2D eigenvalue weighted by Crippen LogP contribution is -2.49. The third kappa shape index (κ3) is 4.83. The highest BCUT2D eigenvalue weighted by atomic mass is 35.5. The number of para-hydroxylation sites is 1. The Labute approximate surface area is 239 Å². The number of hydrogen-bond acceptors (Lipinski definition) is 8. The zero-order valence-electron chi connectivity index (χ0n) is 20.8. The van der Waals surface area contributed by atoms with Gasteiger partial charge >= 0.3 is 0 Å². The second-order valence-electron chi connectivity index (χ2n) is 9.49. The molecule has 1 saturated heterocycles. The zero-order valence-corrected chi connectivity index (χ0v) is 24.8.